The van der Waals surface area contributed by atoms with E-state index in [9.17, 15) is 0 Å². The minimum Gasteiger partial charge on any atom is -0.358 e. The number of halogens is 2. The second kappa shape index (κ2) is 14.2. The van der Waals surface area contributed by atoms with Crippen LogP contribution in [0.25, 0.3) is 21.5 Å². The van der Waals surface area contributed by atoms with Gasteiger partial charge in [-0.1, -0.05) is 12.1 Å². The molecule has 134 valence electrons. The van der Waals surface area contributed by atoms with E-state index in [1.54, 1.807) is 6.92 Å². The van der Waals surface area contributed by atoms with E-state index >= 15 is 0 Å². The van der Waals surface area contributed by atoms with Crippen LogP contribution in [0.4, 0.5) is 0 Å². The molecule has 0 radical (unpaired) electrons. The molecule has 4 aromatic rings. The van der Waals surface area contributed by atoms with Gasteiger partial charge in [-0.2, -0.15) is 42.0 Å². The molecule has 0 aromatic heterocycles. The van der Waals surface area contributed by atoms with E-state index in [0.717, 1.165) is 0 Å². The summed E-state index contributed by atoms with van der Waals surface area (Å²) < 4.78 is 3.37. The molecule has 0 heterocycles. The molecule has 0 aliphatic rings. The van der Waals surface area contributed by atoms with Crippen LogP contribution < -0.4 is 0 Å². The fourth-order valence-corrected chi connectivity index (χ4v) is 2.14. The minimum absolute atomic E-state index is 0. The van der Waals surface area contributed by atoms with Crippen molar-refractivity contribution >= 4 is 42.8 Å². The molecule has 25 heavy (non-hydrogen) atoms. The number of benzene rings is 2. The minimum atomic E-state index is -1.85. The maximum Gasteiger partial charge on any atom is -0.0809 e. The Morgan fingerprint density at radius 2 is 1.08 bits per heavy atom. The Kier molecular flexibility index (Phi) is 13.6. The maximum atomic E-state index is 5.13. The van der Waals surface area contributed by atoms with Gasteiger partial charge in [-0.05, 0) is 0 Å². The monoisotopic (exact) mass is 448 g/mol. The fourth-order valence-electron chi connectivity index (χ4n) is 2.14. The van der Waals surface area contributed by atoms with Gasteiger partial charge in [0.05, 0.1) is 0 Å². The molecule has 0 amide bonds. The summed E-state index contributed by atoms with van der Waals surface area (Å²) in [4.78, 5) is 0. The van der Waals surface area contributed by atoms with Crippen molar-refractivity contribution in [1.82, 2.24) is 0 Å². The molecule has 0 spiro atoms. The van der Waals surface area contributed by atoms with E-state index < -0.39 is 18.9 Å². The zero-order valence-corrected chi connectivity index (χ0v) is 18.7. The quantitative estimate of drug-likeness (QED) is 0.240. The summed E-state index contributed by atoms with van der Waals surface area (Å²) in [6.07, 6.45) is 0. The normalized spacial score (nSPS) is 8.64. The average Bonchev–Trinajstić information content (AvgIpc) is 3.26. The number of rotatable bonds is 0. The Morgan fingerprint density at radius 1 is 0.760 bits per heavy atom. The fraction of sp³-hybridized carbons (Fsp3) is 0.0455. The summed E-state index contributed by atoms with van der Waals surface area (Å²) in [6, 6.07) is 29.3. The van der Waals surface area contributed by atoms with Crippen LogP contribution in [-0.2, 0) is 18.9 Å². The summed E-state index contributed by atoms with van der Waals surface area (Å²) in [6.45, 7) is 5.00. The molecule has 0 aliphatic carbocycles. The standard InChI is InChI=1S/2C9H7.C2H5.CH3.CH2.2ClH.Zr/c2*1-2-5-9-7-3-6-8(9)4-1;1-2;;;;;/h2*1-7H;1H2,2H3;1H3;1H2;2*1H;/q4*-1;;;;+2/p-2. The van der Waals surface area contributed by atoms with Crippen molar-refractivity contribution in [3.63, 3.8) is 0 Å². The van der Waals surface area contributed by atoms with Crippen LogP contribution >= 0.6 is 17.0 Å². The van der Waals surface area contributed by atoms with E-state index in [1.807, 2.05) is 0 Å². The van der Waals surface area contributed by atoms with Crippen LogP contribution in [0, 0.1) is 14.4 Å². The van der Waals surface area contributed by atoms with Crippen LogP contribution in [0.1, 0.15) is 6.92 Å². The van der Waals surface area contributed by atoms with Gasteiger partial charge in [0.2, 0.25) is 0 Å². The average molecular weight is 451 g/mol. The molecule has 0 fully saturated rings. The largest absolute Gasteiger partial charge is 0.358 e. The summed E-state index contributed by atoms with van der Waals surface area (Å²) in [7, 11) is 10.3. The Labute approximate surface area is 167 Å². The molecule has 4 rings (SSSR count). The van der Waals surface area contributed by atoms with Crippen LogP contribution in [0.5, 0.6) is 0 Å². The summed E-state index contributed by atoms with van der Waals surface area (Å²) in [5.74, 6) is 0. The molecular formula is C22H24Cl2Zr-4. The first-order valence-electron chi connectivity index (χ1n) is 7.58. The summed E-state index contributed by atoms with van der Waals surface area (Å²) >= 11 is -1.85. The van der Waals surface area contributed by atoms with Gasteiger partial charge in [0.1, 0.15) is 0 Å². The predicted octanol–water partition coefficient (Wildman–Crippen LogP) is 7.75. The zero-order chi connectivity index (χ0) is 17.8. The Hall–Kier alpha value is -1.01. The Morgan fingerprint density at radius 3 is 1.40 bits per heavy atom. The van der Waals surface area contributed by atoms with Crippen molar-refractivity contribution in [2.45, 2.75) is 6.92 Å². The van der Waals surface area contributed by atoms with Gasteiger partial charge in [-0.3, -0.25) is 0 Å². The molecule has 4 aromatic carbocycles. The number of hydrogen-bond donors (Lipinski definition) is 0. The molecule has 0 N–H and O–H groups in total. The number of hydrogen-bond acceptors (Lipinski definition) is 0. The smallest absolute Gasteiger partial charge is 0.0809 e. The topological polar surface area (TPSA) is 0 Å². The first kappa shape index (κ1) is 24.0. The van der Waals surface area contributed by atoms with Gasteiger partial charge in [-0.15, -0.1) is 59.3 Å². The van der Waals surface area contributed by atoms with Gasteiger partial charge in [0.25, 0.3) is 0 Å². The van der Waals surface area contributed by atoms with E-state index in [-0.39, 0.29) is 7.43 Å². The van der Waals surface area contributed by atoms with Gasteiger partial charge >= 0.3 is 40.1 Å². The van der Waals surface area contributed by atoms with Crippen molar-refractivity contribution in [3.05, 3.63) is 99.3 Å². The third-order valence-electron chi connectivity index (χ3n) is 3.10. The van der Waals surface area contributed by atoms with Gasteiger partial charge < -0.3 is 14.4 Å². The molecule has 0 atom stereocenters. The van der Waals surface area contributed by atoms with Crippen molar-refractivity contribution in [2.24, 2.45) is 0 Å². The molecular weight excluding hydrogens is 426 g/mol. The predicted molar refractivity (Wildman–Crippen MR) is 115 cm³/mol. The molecule has 0 unspecified atom stereocenters. The van der Waals surface area contributed by atoms with Crippen LogP contribution in [-0.4, -0.2) is 4.21 Å². The van der Waals surface area contributed by atoms with E-state index in [0.29, 0.717) is 0 Å². The van der Waals surface area contributed by atoms with Crippen molar-refractivity contribution in [1.29, 1.82) is 0 Å². The second-order valence-electron chi connectivity index (χ2n) is 4.65. The molecule has 3 heteroatoms. The van der Waals surface area contributed by atoms with E-state index in [1.165, 1.54) is 21.5 Å². The number of fused-ring (bicyclic) bond motifs is 2. The maximum absolute atomic E-state index is 5.13. The van der Waals surface area contributed by atoms with Crippen molar-refractivity contribution < 1.29 is 18.9 Å². The van der Waals surface area contributed by atoms with Crippen molar-refractivity contribution in [2.75, 3.05) is 0 Å². The summed E-state index contributed by atoms with van der Waals surface area (Å²) in [5, 5.41) is 5.32. The molecule has 0 nitrogen and oxygen atoms in total. The third kappa shape index (κ3) is 9.31. The third-order valence-corrected chi connectivity index (χ3v) is 3.10. The molecule has 0 saturated carbocycles. The van der Waals surface area contributed by atoms with Crippen molar-refractivity contribution in [3.8, 4) is 0 Å². The zero-order valence-electron chi connectivity index (χ0n) is 14.8. The van der Waals surface area contributed by atoms with E-state index in [2.05, 4.69) is 96.1 Å². The van der Waals surface area contributed by atoms with Gasteiger partial charge in [0.15, 0.2) is 0 Å². The molecule has 0 bridgehead atoms. The molecule has 0 saturated heterocycles. The summed E-state index contributed by atoms with van der Waals surface area (Å²) in [5.41, 5.74) is 0. The van der Waals surface area contributed by atoms with Crippen LogP contribution in [0.15, 0.2) is 84.9 Å². The van der Waals surface area contributed by atoms with Crippen LogP contribution in [0.3, 0.4) is 0 Å². The van der Waals surface area contributed by atoms with Crippen LogP contribution in [0.2, 0.25) is 0 Å². The Balaban J connectivity index is 0.000000345. The molecule has 0 aliphatic heterocycles. The van der Waals surface area contributed by atoms with E-state index in [4.69, 9.17) is 17.0 Å². The van der Waals surface area contributed by atoms with Gasteiger partial charge in [0, 0.05) is 0 Å². The SMILES string of the molecule is [CH2-]C.[CH2]=[Zr]([Cl])[Cl].[CH3-].c1ccc2[cH-]ccc2c1.c1ccc2[cH-]ccc2c1. The second-order valence-corrected chi connectivity index (χ2v) is 12.9. The van der Waals surface area contributed by atoms with Gasteiger partial charge in [-0.25, -0.2) is 0 Å². The first-order valence-corrected chi connectivity index (χ1v) is 15.6. The first-order chi connectivity index (χ1) is 11.7. The Bertz CT molecular complexity index is 713.